The molecule has 3 N–H and O–H groups in total. The van der Waals surface area contributed by atoms with E-state index in [0.29, 0.717) is 41.2 Å². The number of hydrogen-bond acceptors (Lipinski definition) is 10. The van der Waals surface area contributed by atoms with Gasteiger partial charge in [0.1, 0.15) is 6.26 Å². The lowest BCUT2D eigenvalue weighted by atomic mass is 10.1. The van der Waals surface area contributed by atoms with Crippen LogP contribution in [0.25, 0.3) is 22.7 Å². The molecule has 11 nitrogen and oxygen atoms in total. The molecule has 0 unspecified atom stereocenters. The molecule has 1 amide bonds. The molecular weight excluding hydrogens is 460 g/mol. The molecule has 0 aromatic carbocycles. The lowest BCUT2D eigenvalue weighted by Crippen LogP contribution is -2.29. The van der Waals surface area contributed by atoms with Crippen molar-refractivity contribution >= 4 is 34.7 Å². The molecule has 6 heterocycles. The number of hydrogen-bond donors (Lipinski definition) is 2. The van der Waals surface area contributed by atoms with Crippen LogP contribution in [0.15, 0.2) is 39.5 Å². The lowest BCUT2D eigenvalue weighted by molar-refractivity contribution is 0.102. The summed E-state index contributed by atoms with van der Waals surface area (Å²) in [5, 5.41) is 2.96. The molecule has 6 rings (SSSR count). The monoisotopic (exact) mass is 488 g/mol. The normalized spacial score (nSPS) is 18.2. The summed E-state index contributed by atoms with van der Waals surface area (Å²) in [5.41, 5.74) is 9.47. The third-order valence-corrected chi connectivity index (χ3v) is 6.63. The predicted molar refractivity (Wildman–Crippen MR) is 135 cm³/mol. The highest BCUT2D eigenvalue weighted by Crippen LogP contribution is 2.33. The predicted octanol–water partition coefficient (Wildman–Crippen LogP) is 3.36. The molecule has 11 heteroatoms. The minimum Gasteiger partial charge on any atom is -0.444 e. The summed E-state index contributed by atoms with van der Waals surface area (Å²) in [6.45, 7) is 5.10. The van der Waals surface area contributed by atoms with E-state index >= 15 is 0 Å². The number of amides is 1. The Bertz CT molecular complexity index is 1410. The van der Waals surface area contributed by atoms with Crippen LogP contribution >= 0.6 is 0 Å². The van der Waals surface area contributed by atoms with E-state index in [2.05, 4.69) is 30.1 Å². The molecule has 2 saturated heterocycles. The molecule has 2 aliphatic rings. The molecule has 0 radical (unpaired) electrons. The van der Waals surface area contributed by atoms with Gasteiger partial charge in [0.25, 0.3) is 11.9 Å². The number of aryl methyl sites for hydroxylation is 1. The third-order valence-electron chi connectivity index (χ3n) is 6.63. The van der Waals surface area contributed by atoms with Crippen molar-refractivity contribution in [1.29, 1.82) is 0 Å². The van der Waals surface area contributed by atoms with Gasteiger partial charge in [-0.05, 0) is 44.7 Å². The summed E-state index contributed by atoms with van der Waals surface area (Å²) in [4.78, 5) is 35.4. The van der Waals surface area contributed by atoms with E-state index in [1.807, 2.05) is 13.0 Å². The van der Waals surface area contributed by atoms with Crippen LogP contribution in [0.4, 0.5) is 17.5 Å². The van der Waals surface area contributed by atoms with Gasteiger partial charge in [0.15, 0.2) is 17.1 Å². The standard InChI is InChI=1S/C25H28N8O3/c1-15-11-16(5-7-27-15)24-29-19(14-35-24)23(34)28-18-12-20-21(30-22(18)33-10-6-17(26)13-33)31-25(36-20)32-8-3-2-4-9-32/h5,7,11-12,14,17H,2-4,6,8-10,13,26H2,1H3,(H,28,34)/t17-/m0/s1. The van der Waals surface area contributed by atoms with Gasteiger partial charge < -0.3 is 29.7 Å². The Kier molecular flexibility index (Phi) is 5.76. The molecule has 0 spiro atoms. The van der Waals surface area contributed by atoms with Crippen molar-refractivity contribution in [1.82, 2.24) is 19.9 Å². The maximum absolute atomic E-state index is 13.2. The first-order valence-corrected chi connectivity index (χ1v) is 12.3. The molecular formula is C25H28N8O3. The molecule has 4 aromatic heterocycles. The molecule has 4 aromatic rings. The van der Waals surface area contributed by atoms with Crippen molar-refractivity contribution in [2.24, 2.45) is 5.73 Å². The maximum Gasteiger partial charge on any atom is 0.299 e. The number of anilines is 3. The van der Waals surface area contributed by atoms with E-state index < -0.39 is 5.91 Å². The summed E-state index contributed by atoms with van der Waals surface area (Å²) in [6.07, 6.45) is 7.32. The van der Waals surface area contributed by atoms with Crippen LogP contribution in [0.5, 0.6) is 0 Å². The molecule has 0 saturated carbocycles. The smallest absolute Gasteiger partial charge is 0.299 e. The van der Waals surface area contributed by atoms with Gasteiger partial charge in [0.05, 0.1) is 5.69 Å². The SMILES string of the molecule is Cc1cc(-c2nc(C(=O)Nc3cc4oc(N5CCCCC5)nc4nc3N3CC[C@H](N)C3)co2)ccn1. The van der Waals surface area contributed by atoms with Crippen molar-refractivity contribution < 1.29 is 13.6 Å². The van der Waals surface area contributed by atoms with Crippen LogP contribution in [0, 0.1) is 6.92 Å². The van der Waals surface area contributed by atoms with Gasteiger partial charge in [-0.2, -0.15) is 4.98 Å². The van der Waals surface area contributed by atoms with Crippen LogP contribution in [0.1, 0.15) is 41.9 Å². The summed E-state index contributed by atoms with van der Waals surface area (Å²) in [5.74, 6) is 0.569. The molecule has 2 fully saturated rings. The quantitative estimate of drug-likeness (QED) is 0.430. The Morgan fingerprint density at radius 1 is 1.11 bits per heavy atom. The van der Waals surface area contributed by atoms with E-state index in [9.17, 15) is 4.79 Å². The Morgan fingerprint density at radius 2 is 1.97 bits per heavy atom. The van der Waals surface area contributed by atoms with Gasteiger partial charge >= 0.3 is 0 Å². The number of nitrogens with one attached hydrogen (secondary N) is 1. The van der Waals surface area contributed by atoms with Crippen molar-refractivity contribution in [2.45, 2.75) is 38.6 Å². The van der Waals surface area contributed by atoms with Gasteiger partial charge in [-0.15, -0.1) is 0 Å². The number of carbonyl (C=O) groups is 1. The first-order valence-electron chi connectivity index (χ1n) is 12.3. The fourth-order valence-electron chi connectivity index (χ4n) is 4.75. The molecule has 0 bridgehead atoms. The Hall–Kier alpha value is -3.99. The Balaban J connectivity index is 1.31. The highest BCUT2D eigenvalue weighted by atomic mass is 16.4. The maximum atomic E-state index is 13.2. The van der Waals surface area contributed by atoms with Crippen molar-refractivity contribution in [3.8, 4) is 11.5 Å². The summed E-state index contributed by atoms with van der Waals surface area (Å²) >= 11 is 0. The van der Waals surface area contributed by atoms with Crippen molar-refractivity contribution in [3.63, 3.8) is 0 Å². The van der Waals surface area contributed by atoms with Gasteiger partial charge in [-0.25, -0.2) is 9.97 Å². The number of aromatic nitrogens is 4. The number of fused-ring (bicyclic) bond motifs is 1. The topological polar surface area (TPSA) is 139 Å². The van der Waals surface area contributed by atoms with Crippen LogP contribution in [0.3, 0.4) is 0 Å². The molecule has 1 atom stereocenters. The highest BCUT2D eigenvalue weighted by molar-refractivity contribution is 6.05. The summed E-state index contributed by atoms with van der Waals surface area (Å²) < 4.78 is 11.6. The average molecular weight is 489 g/mol. The van der Waals surface area contributed by atoms with Gasteiger partial charge in [0.2, 0.25) is 11.5 Å². The summed E-state index contributed by atoms with van der Waals surface area (Å²) in [6, 6.07) is 6.04. The number of pyridine rings is 2. The molecule has 186 valence electrons. The van der Waals surface area contributed by atoms with E-state index in [0.717, 1.165) is 50.2 Å². The second kappa shape index (κ2) is 9.23. The molecule has 2 aliphatic heterocycles. The minimum atomic E-state index is -0.405. The highest BCUT2D eigenvalue weighted by Gasteiger charge is 2.27. The third kappa shape index (κ3) is 4.37. The minimum absolute atomic E-state index is 0.0502. The van der Waals surface area contributed by atoms with Gasteiger partial charge in [-0.3, -0.25) is 9.78 Å². The number of nitrogens with zero attached hydrogens (tertiary/aromatic N) is 6. The van der Waals surface area contributed by atoms with E-state index in [-0.39, 0.29) is 11.7 Å². The molecule has 36 heavy (non-hydrogen) atoms. The zero-order chi connectivity index (χ0) is 24.6. The van der Waals surface area contributed by atoms with Crippen molar-refractivity contribution in [2.75, 3.05) is 41.3 Å². The number of oxazole rings is 2. The summed E-state index contributed by atoms with van der Waals surface area (Å²) in [7, 11) is 0. The Morgan fingerprint density at radius 3 is 2.75 bits per heavy atom. The Labute approximate surface area is 207 Å². The zero-order valence-corrected chi connectivity index (χ0v) is 20.1. The van der Waals surface area contributed by atoms with E-state index in [4.69, 9.17) is 19.6 Å². The van der Waals surface area contributed by atoms with E-state index in [1.54, 1.807) is 18.3 Å². The van der Waals surface area contributed by atoms with Gasteiger partial charge in [-0.1, -0.05) is 0 Å². The largest absolute Gasteiger partial charge is 0.444 e. The lowest BCUT2D eigenvalue weighted by Gasteiger charge is -2.24. The fraction of sp³-hybridized carbons (Fsp3) is 0.400. The fourth-order valence-corrected chi connectivity index (χ4v) is 4.75. The van der Waals surface area contributed by atoms with Crippen LogP contribution in [0.2, 0.25) is 0 Å². The second-order valence-corrected chi connectivity index (χ2v) is 9.40. The van der Waals surface area contributed by atoms with Crippen LogP contribution < -0.4 is 20.9 Å². The first kappa shape index (κ1) is 22.5. The average Bonchev–Trinajstić information content (AvgIpc) is 3.63. The number of carbonyl (C=O) groups excluding carboxylic acids is 1. The number of piperidine rings is 1. The van der Waals surface area contributed by atoms with E-state index in [1.165, 1.54) is 12.7 Å². The first-order chi connectivity index (χ1) is 17.5. The van der Waals surface area contributed by atoms with Crippen molar-refractivity contribution in [3.05, 3.63) is 42.0 Å². The van der Waals surface area contributed by atoms with Crippen LogP contribution in [-0.4, -0.2) is 58.1 Å². The zero-order valence-electron chi connectivity index (χ0n) is 20.1. The van der Waals surface area contributed by atoms with Gasteiger partial charge in [0, 0.05) is 55.7 Å². The number of rotatable bonds is 5. The second-order valence-electron chi connectivity index (χ2n) is 9.40. The molecule has 0 aliphatic carbocycles. The number of nitrogens with two attached hydrogens (primary N) is 1. The van der Waals surface area contributed by atoms with Crippen LogP contribution in [-0.2, 0) is 0 Å².